The van der Waals surface area contributed by atoms with E-state index in [1.165, 1.54) is 6.08 Å². The topological polar surface area (TPSA) is 48.8 Å². The monoisotopic (exact) mass is 213 g/mol. The van der Waals surface area contributed by atoms with Gasteiger partial charge in [0.1, 0.15) is 17.5 Å². The lowest BCUT2D eigenvalue weighted by atomic mass is 10.2. The Labute approximate surface area is 83.5 Å². The Bertz CT molecular complexity index is 413. The third kappa shape index (κ3) is 3.03. The van der Waals surface area contributed by atoms with E-state index >= 15 is 0 Å². The van der Waals surface area contributed by atoms with Crippen molar-refractivity contribution < 1.29 is 13.2 Å². The molecule has 0 atom stereocenters. The zero-order chi connectivity index (χ0) is 11.3. The predicted molar refractivity (Wildman–Crippen MR) is 49.4 cm³/mol. The number of nitrogens with zero attached hydrogens (tertiary/aromatic N) is 3. The molecule has 0 radical (unpaired) electrons. The molecule has 0 spiro atoms. The summed E-state index contributed by atoms with van der Waals surface area (Å²) in [5, 5.41) is 3.14. The van der Waals surface area contributed by atoms with Crippen LogP contribution in [0.25, 0.3) is 16.5 Å². The molecule has 78 valence electrons. The maximum atomic E-state index is 13.0. The fourth-order valence-corrected chi connectivity index (χ4v) is 0.967. The molecule has 0 bridgehead atoms. The zero-order valence-corrected chi connectivity index (χ0v) is 7.49. The first-order valence-electron chi connectivity index (χ1n) is 3.97. The first-order valence-corrected chi connectivity index (χ1v) is 3.97. The van der Waals surface area contributed by atoms with Crippen molar-refractivity contribution >= 4 is 6.08 Å². The first-order chi connectivity index (χ1) is 7.15. The minimum Gasteiger partial charge on any atom is -0.207 e. The van der Waals surface area contributed by atoms with Gasteiger partial charge in [0.05, 0.1) is 0 Å². The van der Waals surface area contributed by atoms with E-state index in [-0.39, 0.29) is 12.1 Å². The van der Waals surface area contributed by atoms with E-state index in [0.29, 0.717) is 12.1 Å². The SMILES string of the molecule is [N-]=[N+]=NCC=Cc1c(F)cc(F)cc1F. The summed E-state index contributed by atoms with van der Waals surface area (Å²) in [5.41, 5.74) is 7.58. The molecular weight excluding hydrogens is 207 g/mol. The van der Waals surface area contributed by atoms with Crippen LogP contribution in [0.2, 0.25) is 0 Å². The lowest BCUT2D eigenvalue weighted by Crippen LogP contribution is -1.91. The maximum absolute atomic E-state index is 13.0. The second-order valence-corrected chi connectivity index (χ2v) is 2.60. The Morgan fingerprint density at radius 3 is 2.40 bits per heavy atom. The molecule has 1 rings (SSSR count). The number of azide groups is 1. The number of halogens is 3. The average Bonchev–Trinajstić information content (AvgIpc) is 2.15. The number of benzene rings is 1. The van der Waals surface area contributed by atoms with Gasteiger partial charge in [-0.2, -0.15) is 0 Å². The van der Waals surface area contributed by atoms with Crippen molar-refractivity contribution in [1.82, 2.24) is 0 Å². The van der Waals surface area contributed by atoms with Crippen LogP contribution in [-0.4, -0.2) is 6.54 Å². The summed E-state index contributed by atoms with van der Waals surface area (Å²) in [5.74, 6) is -2.97. The molecule has 0 saturated heterocycles. The fraction of sp³-hybridized carbons (Fsp3) is 0.111. The molecule has 1 aromatic rings. The molecule has 0 aliphatic heterocycles. The molecule has 0 aromatic heterocycles. The van der Waals surface area contributed by atoms with Crippen LogP contribution in [-0.2, 0) is 0 Å². The fourth-order valence-electron chi connectivity index (χ4n) is 0.967. The summed E-state index contributed by atoms with van der Waals surface area (Å²) in [4.78, 5) is 2.45. The summed E-state index contributed by atoms with van der Waals surface area (Å²) < 4.78 is 38.5. The highest BCUT2D eigenvalue weighted by molar-refractivity contribution is 5.50. The van der Waals surface area contributed by atoms with Crippen molar-refractivity contribution in [2.24, 2.45) is 5.11 Å². The van der Waals surface area contributed by atoms with Gasteiger partial charge >= 0.3 is 0 Å². The van der Waals surface area contributed by atoms with Crippen LogP contribution in [0.4, 0.5) is 13.2 Å². The van der Waals surface area contributed by atoms with Crippen molar-refractivity contribution in [3.63, 3.8) is 0 Å². The normalized spacial score (nSPS) is 10.3. The molecule has 0 aliphatic rings. The van der Waals surface area contributed by atoms with Gasteiger partial charge in [0.15, 0.2) is 0 Å². The van der Waals surface area contributed by atoms with E-state index in [4.69, 9.17) is 5.53 Å². The summed E-state index contributed by atoms with van der Waals surface area (Å²) in [6.07, 6.45) is 2.37. The van der Waals surface area contributed by atoms with Gasteiger partial charge in [0, 0.05) is 29.2 Å². The molecule has 1 aromatic carbocycles. The van der Waals surface area contributed by atoms with Gasteiger partial charge in [-0.1, -0.05) is 17.3 Å². The minimum atomic E-state index is -0.996. The molecule has 0 heterocycles. The predicted octanol–water partition coefficient (Wildman–Crippen LogP) is 3.43. The van der Waals surface area contributed by atoms with Gasteiger partial charge in [-0.05, 0) is 5.53 Å². The minimum absolute atomic E-state index is 0.0211. The summed E-state index contributed by atoms with van der Waals surface area (Å²) in [6, 6.07) is 1.16. The van der Waals surface area contributed by atoms with Crippen molar-refractivity contribution in [2.45, 2.75) is 0 Å². The van der Waals surface area contributed by atoms with Gasteiger partial charge < -0.3 is 0 Å². The molecular formula is C9H6F3N3. The Morgan fingerprint density at radius 1 is 1.27 bits per heavy atom. The summed E-state index contributed by atoms with van der Waals surface area (Å²) in [7, 11) is 0. The third-order valence-corrected chi connectivity index (χ3v) is 1.58. The van der Waals surface area contributed by atoms with Gasteiger partial charge in [-0.25, -0.2) is 13.2 Å². The highest BCUT2D eigenvalue weighted by Crippen LogP contribution is 2.15. The van der Waals surface area contributed by atoms with Crippen LogP contribution in [0.1, 0.15) is 5.56 Å². The van der Waals surface area contributed by atoms with Crippen LogP contribution >= 0.6 is 0 Å². The highest BCUT2D eigenvalue weighted by Gasteiger charge is 2.07. The number of hydrogen-bond acceptors (Lipinski definition) is 1. The first kappa shape index (κ1) is 11.1. The van der Waals surface area contributed by atoms with E-state index in [9.17, 15) is 13.2 Å². The Kier molecular flexibility index (Phi) is 3.76. The number of rotatable bonds is 3. The quantitative estimate of drug-likeness (QED) is 0.419. The van der Waals surface area contributed by atoms with Gasteiger partial charge in [-0.3, -0.25) is 0 Å². The molecule has 15 heavy (non-hydrogen) atoms. The second-order valence-electron chi connectivity index (χ2n) is 2.60. The smallest absolute Gasteiger partial charge is 0.136 e. The van der Waals surface area contributed by atoms with E-state index in [1.54, 1.807) is 0 Å². The van der Waals surface area contributed by atoms with Crippen molar-refractivity contribution in [1.29, 1.82) is 0 Å². The second kappa shape index (κ2) is 5.07. The lowest BCUT2D eigenvalue weighted by Gasteiger charge is -1.98. The van der Waals surface area contributed by atoms with E-state index in [0.717, 1.165) is 6.08 Å². The number of hydrogen-bond donors (Lipinski definition) is 0. The highest BCUT2D eigenvalue weighted by atomic mass is 19.1. The van der Waals surface area contributed by atoms with Crippen LogP contribution in [0.15, 0.2) is 23.3 Å². The molecule has 0 aliphatic carbocycles. The molecule has 6 heteroatoms. The van der Waals surface area contributed by atoms with Gasteiger partial charge in [0.2, 0.25) is 0 Å². The standard InChI is InChI=1S/C9H6F3N3/c10-6-4-8(11)7(9(12)5-6)2-1-3-14-15-13/h1-2,4-5H,3H2. The largest absolute Gasteiger partial charge is 0.207 e. The van der Waals surface area contributed by atoms with Gasteiger partial charge in [-0.15, -0.1) is 0 Å². The third-order valence-electron chi connectivity index (χ3n) is 1.58. The summed E-state index contributed by atoms with van der Waals surface area (Å²) in [6.45, 7) is -0.0211. The molecule has 0 fully saturated rings. The van der Waals surface area contributed by atoms with Crippen LogP contribution < -0.4 is 0 Å². The zero-order valence-electron chi connectivity index (χ0n) is 7.49. The van der Waals surface area contributed by atoms with E-state index in [2.05, 4.69) is 10.0 Å². The van der Waals surface area contributed by atoms with Crippen molar-refractivity contribution in [3.8, 4) is 0 Å². The molecule has 0 unspecified atom stereocenters. The Balaban J connectivity index is 2.94. The lowest BCUT2D eigenvalue weighted by molar-refractivity contribution is 0.540. The van der Waals surface area contributed by atoms with Crippen LogP contribution in [0, 0.1) is 17.5 Å². The average molecular weight is 213 g/mol. The van der Waals surface area contributed by atoms with Crippen LogP contribution in [0.3, 0.4) is 0 Å². The molecule has 0 amide bonds. The summed E-state index contributed by atoms with van der Waals surface area (Å²) >= 11 is 0. The molecule has 0 saturated carbocycles. The van der Waals surface area contributed by atoms with E-state index in [1.807, 2.05) is 0 Å². The van der Waals surface area contributed by atoms with Crippen LogP contribution in [0.5, 0.6) is 0 Å². The Hall–Kier alpha value is -1.94. The van der Waals surface area contributed by atoms with Gasteiger partial charge in [0.25, 0.3) is 0 Å². The van der Waals surface area contributed by atoms with Crippen molar-refractivity contribution in [2.75, 3.05) is 6.54 Å². The van der Waals surface area contributed by atoms with E-state index < -0.39 is 17.5 Å². The molecule has 0 N–H and O–H groups in total. The Morgan fingerprint density at radius 2 is 1.87 bits per heavy atom. The molecule has 3 nitrogen and oxygen atoms in total. The van der Waals surface area contributed by atoms with Crippen molar-refractivity contribution in [3.05, 3.63) is 51.7 Å². The maximum Gasteiger partial charge on any atom is 0.136 e.